The molecule has 0 bridgehead atoms. The predicted molar refractivity (Wildman–Crippen MR) is 124 cm³/mol. The summed E-state index contributed by atoms with van der Waals surface area (Å²) in [6.07, 6.45) is 0. The molecule has 4 rings (SSSR count). The first-order valence-corrected chi connectivity index (χ1v) is 10.6. The van der Waals surface area contributed by atoms with Gasteiger partial charge in [-0.25, -0.2) is 9.59 Å². The number of rotatable bonds is 4. The van der Waals surface area contributed by atoms with Crippen molar-refractivity contribution in [2.24, 2.45) is 0 Å². The van der Waals surface area contributed by atoms with E-state index in [4.69, 9.17) is 19.8 Å². The summed E-state index contributed by atoms with van der Waals surface area (Å²) >= 11 is 0. The minimum atomic E-state index is -1.82. The largest absolute Gasteiger partial charge is 0.473 e. The van der Waals surface area contributed by atoms with Crippen LogP contribution < -0.4 is 0 Å². The fourth-order valence-electron chi connectivity index (χ4n) is 3.83. The summed E-state index contributed by atoms with van der Waals surface area (Å²) in [5.41, 5.74) is 3.37. The number of nitrogens with zero attached hydrogens (tertiary/aromatic N) is 2. The van der Waals surface area contributed by atoms with Gasteiger partial charge in [0.05, 0.1) is 6.04 Å². The summed E-state index contributed by atoms with van der Waals surface area (Å²) in [6, 6.07) is 31.1. The van der Waals surface area contributed by atoms with Gasteiger partial charge in [-0.3, -0.25) is 9.69 Å². The number of carboxylic acid groups (broad SMARTS) is 2. The smallest absolute Gasteiger partial charge is 0.414 e. The SMILES string of the molecule is O=C(O)C(=O)O.O=C(c1ccccc1)N1CCN(C(c2ccccc2)c2ccccc2)CC1. The molecule has 0 aliphatic carbocycles. The van der Waals surface area contributed by atoms with Crippen LogP contribution in [0.15, 0.2) is 91.0 Å². The lowest BCUT2D eigenvalue weighted by Gasteiger charge is -2.39. The molecule has 0 saturated carbocycles. The number of aliphatic carboxylic acids is 2. The highest BCUT2D eigenvalue weighted by atomic mass is 16.4. The van der Waals surface area contributed by atoms with E-state index in [1.165, 1.54) is 11.1 Å². The fourth-order valence-corrected chi connectivity index (χ4v) is 3.83. The number of hydrogen-bond acceptors (Lipinski definition) is 4. The van der Waals surface area contributed by atoms with E-state index in [0.717, 1.165) is 31.7 Å². The van der Waals surface area contributed by atoms with Gasteiger partial charge in [0.15, 0.2) is 0 Å². The van der Waals surface area contributed by atoms with Gasteiger partial charge < -0.3 is 15.1 Å². The molecule has 0 unspecified atom stereocenters. The van der Waals surface area contributed by atoms with Crippen LogP contribution in [0.25, 0.3) is 0 Å². The summed E-state index contributed by atoms with van der Waals surface area (Å²) in [7, 11) is 0. The zero-order chi connectivity index (χ0) is 23.6. The Morgan fingerprint density at radius 1 is 0.606 bits per heavy atom. The topological polar surface area (TPSA) is 98.1 Å². The lowest BCUT2D eigenvalue weighted by Crippen LogP contribution is -2.49. The zero-order valence-electron chi connectivity index (χ0n) is 18.1. The molecule has 7 nitrogen and oxygen atoms in total. The lowest BCUT2D eigenvalue weighted by molar-refractivity contribution is -0.159. The minimum absolute atomic E-state index is 0.131. The van der Waals surface area contributed by atoms with Crippen molar-refractivity contribution in [1.82, 2.24) is 9.80 Å². The fraction of sp³-hybridized carbons (Fsp3) is 0.192. The molecule has 0 spiro atoms. The van der Waals surface area contributed by atoms with Crippen LogP contribution in [0.3, 0.4) is 0 Å². The number of carboxylic acids is 2. The molecule has 0 radical (unpaired) electrons. The Balaban J connectivity index is 0.000000454. The van der Waals surface area contributed by atoms with Crippen LogP contribution in [0.5, 0.6) is 0 Å². The van der Waals surface area contributed by atoms with Crippen LogP contribution in [0.1, 0.15) is 27.5 Å². The molecule has 0 atom stereocenters. The Bertz CT molecular complexity index is 998. The first kappa shape index (κ1) is 23.7. The van der Waals surface area contributed by atoms with Gasteiger partial charge in [-0.1, -0.05) is 78.9 Å². The highest BCUT2D eigenvalue weighted by Gasteiger charge is 2.28. The monoisotopic (exact) mass is 446 g/mol. The van der Waals surface area contributed by atoms with E-state index in [0.29, 0.717) is 0 Å². The zero-order valence-corrected chi connectivity index (χ0v) is 18.1. The minimum Gasteiger partial charge on any atom is -0.473 e. The Kier molecular flexibility index (Phi) is 8.32. The van der Waals surface area contributed by atoms with E-state index in [1.54, 1.807) is 0 Å². The average Bonchev–Trinajstić information content (AvgIpc) is 2.86. The normalized spacial score (nSPS) is 13.7. The van der Waals surface area contributed by atoms with Crippen molar-refractivity contribution in [3.8, 4) is 0 Å². The maximum atomic E-state index is 12.7. The Morgan fingerprint density at radius 3 is 1.39 bits per heavy atom. The van der Waals surface area contributed by atoms with Crippen molar-refractivity contribution in [2.45, 2.75) is 6.04 Å². The van der Waals surface area contributed by atoms with Gasteiger partial charge in [-0.2, -0.15) is 0 Å². The van der Waals surface area contributed by atoms with E-state index in [2.05, 4.69) is 65.6 Å². The Labute approximate surface area is 192 Å². The molecule has 1 saturated heterocycles. The molecule has 170 valence electrons. The van der Waals surface area contributed by atoms with Crippen molar-refractivity contribution >= 4 is 17.8 Å². The highest BCUT2D eigenvalue weighted by Crippen LogP contribution is 2.29. The molecule has 1 aliphatic rings. The molecular weight excluding hydrogens is 420 g/mol. The van der Waals surface area contributed by atoms with Gasteiger partial charge in [-0.05, 0) is 23.3 Å². The summed E-state index contributed by atoms with van der Waals surface area (Å²) in [5.74, 6) is -3.52. The van der Waals surface area contributed by atoms with E-state index < -0.39 is 11.9 Å². The van der Waals surface area contributed by atoms with E-state index in [9.17, 15) is 4.79 Å². The highest BCUT2D eigenvalue weighted by molar-refractivity contribution is 6.27. The van der Waals surface area contributed by atoms with E-state index in [-0.39, 0.29) is 11.9 Å². The summed E-state index contributed by atoms with van der Waals surface area (Å²) in [4.78, 5) is 35.4. The second kappa shape index (κ2) is 11.6. The first-order valence-electron chi connectivity index (χ1n) is 10.6. The summed E-state index contributed by atoms with van der Waals surface area (Å²) in [6.45, 7) is 3.24. The molecule has 3 aromatic rings. The number of hydrogen-bond donors (Lipinski definition) is 2. The van der Waals surface area contributed by atoms with Crippen LogP contribution in [-0.2, 0) is 9.59 Å². The summed E-state index contributed by atoms with van der Waals surface area (Å²) in [5, 5.41) is 14.8. The van der Waals surface area contributed by atoms with Gasteiger partial charge in [0, 0.05) is 31.7 Å². The molecule has 33 heavy (non-hydrogen) atoms. The molecule has 7 heteroatoms. The van der Waals surface area contributed by atoms with Gasteiger partial charge in [0.2, 0.25) is 0 Å². The molecule has 2 N–H and O–H groups in total. The Morgan fingerprint density at radius 2 is 1.00 bits per heavy atom. The quantitative estimate of drug-likeness (QED) is 0.596. The van der Waals surface area contributed by atoms with Crippen molar-refractivity contribution in [1.29, 1.82) is 0 Å². The molecule has 1 heterocycles. The second-order valence-electron chi connectivity index (χ2n) is 7.53. The molecule has 3 aromatic carbocycles. The number of amides is 1. The van der Waals surface area contributed by atoms with E-state index in [1.807, 2.05) is 35.2 Å². The number of benzene rings is 3. The van der Waals surface area contributed by atoms with Gasteiger partial charge in [0.25, 0.3) is 5.91 Å². The third-order valence-corrected chi connectivity index (χ3v) is 5.40. The molecule has 0 aromatic heterocycles. The van der Waals surface area contributed by atoms with Crippen LogP contribution in [0.4, 0.5) is 0 Å². The van der Waals surface area contributed by atoms with Gasteiger partial charge in [0.1, 0.15) is 0 Å². The summed E-state index contributed by atoms with van der Waals surface area (Å²) < 4.78 is 0. The Hall–Kier alpha value is -3.97. The van der Waals surface area contributed by atoms with Crippen LogP contribution in [-0.4, -0.2) is 64.0 Å². The molecular formula is C26H26N2O5. The van der Waals surface area contributed by atoms with Crippen molar-refractivity contribution < 1.29 is 24.6 Å². The van der Waals surface area contributed by atoms with E-state index >= 15 is 0 Å². The van der Waals surface area contributed by atoms with Crippen LogP contribution >= 0.6 is 0 Å². The number of carbonyl (C=O) groups excluding carboxylic acids is 1. The van der Waals surface area contributed by atoms with Crippen molar-refractivity contribution in [3.63, 3.8) is 0 Å². The third kappa shape index (κ3) is 6.51. The number of piperazine rings is 1. The maximum absolute atomic E-state index is 12.7. The average molecular weight is 447 g/mol. The van der Waals surface area contributed by atoms with Crippen molar-refractivity contribution in [2.75, 3.05) is 26.2 Å². The molecule has 1 aliphatic heterocycles. The second-order valence-corrected chi connectivity index (χ2v) is 7.53. The first-order chi connectivity index (χ1) is 16.0. The molecule has 1 amide bonds. The van der Waals surface area contributed by atoms with Gasteiger partial charge >= 0.3 is 11.9 Å². The molecule has 1 fully saturated rings. The third-order valence-electron chi connectivity index (χ3n) is 5.40. The van der Waals surface area contributed by atoms with Crippen LogP contribution in [0, 0.1) is 0 Å². The van der Waals surface area contributed by atoms with Crippen LogP contribution in [0.2, 0.25) is 0 Å². The lowest BCUT2D eigenvalue weighted by atomic mass is 9.96. The maximum Gasteiger partial charge on any atom is 0.414 e. The number of carbonyl (C=O) groups is 3. The van der Waals surface area contributed by atoms with Crippen molar-refractivity contribution in [3.05, 3.63) is 108 Å². The van der Waals surface area contributed by atoms with Gasteiger partial charge in [-0.15, -0.1) is 0 Å². The predicted octanol–water partition coefficient (Wildman–Crippen LogP) is 3.39. The standard InChI is InChI=1S/C24H24N2O.C2H2O4/c27-24(22-14-8-3-9-15-22)26-18-16-25(17-19-26)23(20-10-4-1-5-11-20)21-12-6-2-7-13-21;3-1(4)2(5)6/h1-15,23H,16-19H2;(H,3,4)(H,5,6).